The Kier molecular flexibility index (Phi) is 3.35. The fraction of sp³-hybridized carbons (Fsp3) is 0.0667. The Balaban J connectivity index is 2.14. The van der Waals surface area contributed by atoms with Gasteiger partial charge in [-0.05, 0) is 6.08 Å². The molecule has 0 radical (unpaired) electrons. The Hall–Kier alpha value is -2.40. The van der Waals surface area contributed by atoms with E-state index < -0.39 is 0 Å². The van der Waals surface area contributed by atoms with Gasteiger partial charge in [0.2, 0.25) is 0 Å². The molecule has 4 nitrogen and oxygen atoms in total. The molecule has 0 amide bonds. The van der Waals surface area contributed by atoms with Crippen LogP contribution >= 0.6 is 11.3 Å². The number of nitrogens with zero attached hydrogens (tertiary/aromatic N) is 2. The van der Waals surface area contributed by atoms with E-state index in [1.807, 2.05) is 46.3 Å². The Bertz CT molecular complexity index is 772. The third kappa shape index (κ3) is 2.23. The number of methoxy groups -OCH3 is 1. The van der Waals surface area contributed by atoms with Crippen molar-refractivity contribution >= 4 is 28.3 Å². The summed E-state index contributed by atoms with van der Waals surface area (Å²) in [5, 5.41) is 1.96. The number of ether oxygens (including phenoxy) is 1. The first kappa shape index (κ1) is 12.6. The molecular formula is C15H12N2O2S. The molecule has 0 aliphatic rings. The van der Waals surface area contributed by atoms with Crippen LogP contribution in [0.4, 0.5) is 0 Å². The summed E-state index contributed by atoms with van der Waals surface area (Å²) in [4.78, 5) is 16.8. The predicted octanol–water partition coefficient (Wildman–Crippen LogP) is 3.25. The zero-order valence-electron chi connectivity index (χ0n) is 10.8. The van der Waals surface area contributed by atoms with Crippen LogP contribution in [0.1, 0.15) is 5.69 Å². The fourth-order valence-electron chi connectivity index (χ4n) is 1.99. The quantitative estimate of drug-likeness (QED) is 0.548. The fourth-order valence-corrected chi connectivity index (χ4v) is 2.71. The first-order valence-corrected chi connectivity index (χ1v) is 6.94. The van der Waals surface area contributed by atoms with Gasteiger partial charge in [-0.2, -0.15) is 0 Å². The summed E-state index contributed by atoms with van der Waals surface area (Å²) in [7, 11) is 1.36. The molecule has 0 unspecified atom stereocenters. The average molecular weight is 284 g/mol. The zero-order chi connectivity index (χ0) is 13.9. The molecule has 0 aliphatic heterocycles. The number of carbonyl (C=O) groups is 1. The predicted molar refractivity (Wildman–Crippen MR) is 79.6 cm³/mol. The van der Waals surface area contributed by atoms with E-state index in [0.29, 0.717) is 0 Å². The van der Waals surface area contributed by atoms with Crippen LogP contribution in [0.15, 0.2) is 48.0 Å². The second-order valence-electron chi connectivity index (χ2n) is 4.12. The monoisotopic (exact) mass is 284 g/mol. The minimum Gasteiger partial charge on any atom is -0.466 e. The molecule has 0 bridgehead atoms. The Labute approximate surface area is 120 Å². The highest BCUT2D eigenvalue weighted by Crippen LogP contribution is 2.27. The highest BCUT2D eigenvalue weighted by Gasteiger charge is 2.12. The number of rotatable bonds is 3. The molecule has 1 aromatic carbocycles. The van der Waals surface area contributed by atoms with E-state index in [0.717, 1.165) is 21.9 Å². The first-order chi connectivity index (χ1) is 9.79. The Morgan fingerprint density at radius 2 is 2.15 bits per heavy atom. The van der Waals surface area contributed by atoms with Crippen molar-refractivity contribution < 1.29 is 9.53 Å². The second kappa shape index (κ2) is 5.30. The molecule has 20 heavy (non-hydrogen) atoms. The van der Waals surface area contributed by atoms with E-state index >= 15 is 0 Å². The Morgan fingerprint density at radius 3 is 2.90 bits per heavy atom. The largest absolute Gasteiger partial charge is 0.466 e. The molecule has 0 atom stereocenters. The maximum Gasteiger partial charge on any atom is 0.330 e. The summed E-state index contributed by atoms with van der Waals surface area (Å²) < 4.78 is 6.60. The van der Waals surface area contributed by atoms with Gasteiger partial charge < -0.3 is 4.74 Å². The van der Waals surface area contributed by atoms with Crippen molar-refractivity contribution in [1.29, 1.82) is 0 Å². The second-order valence-corrected chi connectivity index (χ2v) is 5.00. The van der Waals surface area contributed by atoms with Gasteiger partial charge in [0.1, 0.15) is 0 Å². The molecule has 0 saturated heterocycles. The van der Waals surface area contributed by atoms with E-state index in [4.69, 9.17) is 0 Å². The van der Waals surface area contributed by atoms with Crippen molar-refractivity contribution in [3.8, 4) is 11.3 Å². The number of hydrogen-bond acceptors (Lipinski definition) is 4. The van der Waals surface area contributed by atoms with E-state index in [2.05, 4.69) is 9.72 Å². The van der Waals surface area contributed by atoms with Crippen molar-refractivity contribution in [2.75, 3.05) is 7.11 Å². The van der Waals surface area contributed by atoms with Crippen molar-refractivity contribution in [2.45, 2.75) is 0 Å². The molecule has 0 N–H and O–H groups in total. The van der Waals surface area contributed by atoms with E-state index in [-0.39, 0.29) is 5.97 Å². The van der Waals surface area contributed by atoms with Crippen LogP contribution in [0.2, 0.25) is 0 Å². The average Bonchev–Trinajstić information content (AvgIpc) is 3.06. The minimum atomic E-state index is -0.380. The van der Waals surface area contributed by atoms with Gasteiger partial charge in [-0.3, -0.25) is 4.40 Å². The number of imidazole rings is 1. The topological polar surface area (TPSA) is 43.6 Å². The molecule has 0 spiro atoms. The van der Waals surface area contributed by atoms with Gasteiger partial charge in [0, 0.05) is 23.2 Å². The normalized spacial score (nSPS) is 11.2. The highest BCUT2D eigenvalue weighted by molar-refractivity contribution is 7.15. The van der Waals surface area contributed by atoms with Gasteiger partial charge in [-0.15, -0.1) is 11.3 Å². The van der Waals surface area contributed by atoms with E-state index in [9.17, 15) is 4.79 Å². The van der Waals surface area contributed by atoms with Crippen LogP contribution in [0.25, 0.3) is 22.3 Å². The van der Waals surface area contributed by atoms with Crippen molar-refractivity contribution in [1.82, 2.24) is 9.38 Å². The molecule has 2 aromatic heterocycles. The number of benzene rings is 1. The van der Waals surface area contributed by atoms with E-state index in [1.54, 1.807) is 17.4 Å². The van der Waals surface area contributed by atoms with Gasteiger partial charge >= 0.3 is 5.97 Å². The lowest BCUT2D eigenvalue weighted by atomic mass is 10.1. The molecule has 5 heteroatoms. The van der Waals surface area contributed by atoms with Crippen molar-refractivity contribution in [2.24, 2.45) is 0 Å². The molecule has 2 heterocycles. The number of hydrogen-bond donors (Lipinski definition) is 0. The summed E-state index contributed by atoms with van der Waals surface area (Å²) in [6, 6.07) is 9.91. The summed E-state index contributed by atoms with van der Waals surface area (Å²) >= 11 is 1.56. The maximum atomic E-state index is 11.3. The van der Waals surface area contributed by atoms with Gasteiger partial charge in [0.05, 0.1) is 18.5 Å². The lowest BCUT2D eigenvalue weighted by Gasteiger charge is -1.99. The molecule has 100 valence electrons. The number of aromatic nitrogens is 2. The third-order valence-electron chi connectivity index (χ3n) is 2.92. The van der Waals surface area contributed by atoms with Gasteiger partial charge in [-0.1, -0.05) is 30.3 Å². The third-order valence-corrected chi connectivity index (χ3v) is 3.68. The van der Waals surface area contributed by atoms with E-state index in [1.165, 1.54) is 13.2 Å². The first-order valence-electron chi connectivity index (χ1n) is 6.06. The van der Waals surface area contributed by atoms with Crippen LogP contribution in [0.3, 0.4) is 0 Å². The molecule has 3 rings (SSSR count). The maximum absolute atomic E-state index is 11.3. The molecule has 0 aliphatic carbocycles. The van der Waals surface area contributed by atoms with Crippen LogP contribution in [-0.4, -0.2) is 22.5 Å². The van der Waals surface area contributed by atoms with Crippen LogP contribution in [0.5, 0.6) is 0 Å². The van der Waals surface area contributed by atoms with Gasteiger partial charge in [0.25, 0.3) is 0 Å². The van der Waals surface area contributed by atoms with Crippen LogP contribution in [0, 0.1) is 0 Å². The Morgan fingerprint density at radius 1 is 1.35 bits per heavy atom. The summed E-state index contributed by atoms with van der Waals surface area (Å²) in [6.07, 6.45) is 5.09. The number of thiazole rings is 1. The van der Waals surface area contributed by atoms with Gasteiger partial charge in [-0.25, -0.2) is 9.78 Å². The lowest BCUT2D eigenvalue weighted by Crippen LogP contribution is -1.94. The standard InChI is InChI=1S/C15H12N2O2S/c1-19-13(18)8-7-12-14(11-5-3-2-4-6-11)16-15-17(12)9-10-20-15/h2-10H,1H3. The number of esters is 1. The van der Waals surface area contributed by atoms with Gasteiger partial charge in [0.15, 0.2) is 4.96 Å². The highest BCUT2D eigenvalue weighted by atomic mass is 32.1. The van der Waals surface area contributed by atoms with Crippen LogP contribution < -0.4 is 0 Å². The minimum absolute atomic E-state index is 0.380. The summed E-state index contributed by atoms with van der Waals surface area (Å²) in [6.45, 7) is 0. The SMILES string of the molecule is COC(=O)C=Cc1c(-c2ccccc2)nc2sccn12. The number of carbonyl (C=O) groups excluding carboxylic acids is 1. The molecule has 0 fully saturated rings. The molecule has 3 aromatic rings. The molecule has 0 saturated carbocycles. The summed E-state index contributed by atoms with van der Waals surface area (Å²) in [5.41, 5.74) is 2.75. The molecular weight excluding hydrogens is 272 g/mol. The number of fused-ring (bicyclic) bond motifs is 1. The van der Waals surface area contributed by atoms with Crippen molar-refractivity contribution in [3.63, 3.8) is 0 Å². The zero-order valence-corrected chi connectivity index (χ0v) is 11.6. The van der Waals surface area contributed by atoms with Crippen LogP contribution in [-0.2, 0) is 9.53 Å². The smallest absolute Gasteiger partial charge is 0.330 e. The van der Waals surface area contributed by atoms with Crippen molar-refractivity contribution in [3.05, 3.63) is 53.7 Å². The lowest BCUT2D eigenvalue weighted by molar-refractivity contribution is -0.134. The summed E-state index contributed by atoms with van der Waals surface area (Å²) in [5.74, 6) is -0.380.